The smallest absolute Gasteiger partial charge is 0.253 e. The van der Waals surface area contributed by atoms with E-state index in [0.29, 0.717) is 23.5 Å². The molecule has 1 N–H and O–H groups in total. The van der Waals surface area contributed by atoms with E-state index >= 15 is 0 Å². The molecule has 0 aromatic heterocycles. The first kappa shape index (κ1) is 28.1. The number of para-hydroxylation sites is 1. The highest BCUT2D eigenvalue weighted by Gasteiger charge is 2.72. The molecule has 3 aromatic rings. The number of benzene rings is 3. The fourth-order valence-electron chi connectivity index (χ4n) is 7.28. The predicted molar refractivity (Wildman–Crippen MR) is 164 cm³/mol. The number of nitrogens with zero attached hydrogens (tertiary/aromatic N) is 3. The van der Waals surface area contributed by atoms with Crippen molar-refractivity contribution in [1.29, 1.82) is 0 Å². The Morgan fingerprint density at radius 1 is 0.841 bits per heavy atom. The Morgan fingerprint density at radius 2 is 1.48 bits per heavy atom. The second kappa shape index (κ2) is 11.1. The summed E-state index contributed by atoms with van der Waals surface area (Å²) < 4.78 is 12.1. The normalized spacial score (nSPS) is 28.3. The number of hydrogen-bond acceptors (Lipinski definition) is 6. The van der Waals surface area contributed by atoms with Gasteiger partial charge < -0.3 is 29.3 Å². The first-order chi connectivity index (χ1) is 21.5. The Hall–Kier alpha value is -4.73. The Kier molecular flexibility index (Phi) is 7.07. The molecule has 1 spiro atoms. The molecule has 0 saturated carbocycles. The van der Waals surface area contributed by atoms with Gasteiger partial charge in [-0.15, -0.1) is 0 Å². The average molecular weight is 592 g/mol. The third kappa shape index (κ3) is 4.26. The highest BCUT2D eigenvalue weighted by molar-refractivity contribution is 6.07. The number of aliphatic hydroxyl groups is 1. The van der Waals surface area contributed by atoms with Crippen LogP contribution in [-0.2, 0) is 19.1 Å². The summed E-state index contributed by atoms with van der Waals surface area (Å²) in [7, 11) is 1.58. The van der Waals surface area contributed by atoms with E-state index in [0.717, 1.165) is 5.69 Å². The molecule has 3 amide bonds. The van der Waals surface area contributed by atoms with Crippen LogP contribution in [0.5, 0.6) is 5.75 Å². The van der Waals surface area contributed by atoms with Gasteiger partial charge in [-0.3, -0.25) is 14.4 Å². The van der Waals surface area contributed by atoms with Gasteiger partial charge in [0.2, 0.25) is 11.8 Å². The molecule has 9 nitrogen and oxygen atoms in total. The van der Waals surface area contributed by atoms with E-state index in [9.17, 15) is 19.5 Å². The number of methoxy groups -OCH3 is 1. The molecule has 1 unspecified atom stereocenters. The minimum atomic E-state index is -1.42. The maximum Gasteiger partial charge on any atom is 0.253 e. The van der Waals surface area contributed by atoms with Crippen LogP contribution in [-0.4, -0.2) is 72.3 Å². The van der Waals surface area contributed by atoms with Gasteiger partial charge in [0.05, 0.1) is 37.7 Å². The Labute approximate surface area is 255 Å². The first-order valence-corrected chi connectivity index (χ1v) is 14.8. The zero-order valence-corrected chi connectivity index (χ0v) is 24.2. The number of rotatable bonds is 6. The summed E-state index contributed by atoms with van der Waals surface area (Å²) in [5.41, 5.74) is 0.613. The standard InChI is InChI=1S/C35H33N3O6/c1-43-26-17-15-25(16-18-26)37-21-9-19-35-30(29-28(44-35)14-8-20-36(32(29)40)24-12-6-3-7-13-24)33(41)38(31(35)34(37)42)27(22-39)23-10-4-2-5-11-23/h2-19,27-31,39H,20-22H2,1H3/t27-,28+,29-,30+,31?,35+/m1/s1. The van der Waals surface area contributed by atoms with Crippen LogP contribution in [0.2, 0.25) is 0 Å². The van der Waals surface area contributed by atoms with Gasteiger partial charge in [-0.1, -0.05) is 72.8 Å². The molecule has 4 aliphatic rings. The molecule has 4 aliphatic heterocycles. The quantitative estimate of drug-likeness (QED) is 0.441. The topological polar surface area (TPSA) is 99.6 Å². The predicted octanol–water partition coefficient (Wildman–Crippen LogP) is 3.52. The van der Waals surface area contributed by atoms with Crippen LogP contribution in [0.15, 0.2) is 109 Å². The molecule has 7 rings (SSSR count). The fourth-order valence-corrected chi connectivity index (χ4v) is 7.28. The SMILES string of the molecule is COc1ccc(N2CC=C[C@]34O[C@H]5C=CCN(c6ccccc6)C(=O)[C@H]5[C@H]3C(=O)N([C@H](CO)c3ccccc3)C4C2=O)cc1. The lowest BCUT2D eigenvalue weighted by atomic mass is 9.77. The van der Waals surface area contributed by atoms with Crippen LogP contribution in [0, 0.1) is 11.8 Å². The number of anilines is 2. The lowest BCUT2D eigenvalue weighted by Gasteiger charge is -2.38. The molecule has 224 valence electrons. The van der Waals surface area contributed by atoms with Crippen LogP contribution in [0.3, 0.4) is 0 Å². The molecular formula is C35H33N3O6. The number of amides is 3. The van der Waals surface area contributed by atoms with Crippen molar-refractivity contribution >= 4 is 29.1 Å². The van der Waals surface area contributed by atoms with Crippen molar-refractivity contribution in [3.05, 3.63) is 115 Å². The fraction of sp³-hybridized carbons (Fsp3) is 0.286. The van der Waals surface area contributed by atoms with Gasteiger partial charge >= 0.3 is 0 Å². The van der Waals surface area contributed by atoms with E-state index in [4.69, 9.17) is 9.47 Å². The molecule has 2 fully saturated rings. The van der Waals surface area contributed by atoms with Crippen molar-refractivity contribution in [1.82, 2.24) is 4.90 Å². The van der Waals surface area contributed by atoms with Gasteiger partial charge in [-0.2, -0.15) is 0 Å². The average Bonchev–Trinajstić information content (AvgIpc) is 3.37. The number of carbonyl (C=O) groups is 3. The molecule has 4 heterocycles. The monoisotopic (exact) mass is 591 g/mol. The molecule has 44 heavy (non-hydrogen) atoms. The lowest BCUT2D eigenvalue weighted by molar-refractivity contribution is -0.144. The van der Waals surface area contributed by atoms with Gasteiger partial charge in [-0.25, -0.2) is 0 Å². The van der Waals surface area contributed by atoms with Gasteiger partial charge in [-0.05, 0) is 42.0 Å². The van der Waals surface area contributed by atoms with Crippen molar-refractivity contribution in [3.8, 4) is 5.75 Å². The van der Waals surface area contributed by atoms with Gasteiger partial charge in [0.25, 0.3) is 5.91 Å². The summed E-state index contributed by atoms with van der Waals surface area (Å²) in [6.07, 6.45) is 6.68. The van der Waals surface area contributed by atoms with Gasteiger partial charge in [0, 0.05) is 24.5 Å². The van der Waals surface area contributed by atoms with Crippen LogP contribution >= 0.6 is 0 Å². The maximum atomic E-state index is 14.8. The minimum Gasteiger partial charge on any atom is -0.497 e. The third-order valence-electron chi connectivity index (χ3n) is 9.24. The highest BCUT2D eigenvalue weighted by atomic mass is 16.5. The maximum absolute atomic E-state index is 14.8. The number of likely N-dealkylation sites (tertiary alicyclic amines) is 1. The molecule has 0 radical (unpaired) electrons. The second-order valence-electron chi connectivity index (χ2n) is 11.5. The molecule has 0 bridgehead atoms. The number of aliphatic hydroxyl groups excluding tert-OH is 1. The van der Waals surface area contributed by atoms with Crippen molar-refractivity contribution in [2.45, 2.75) is 23.8 Å². The van der Waals surface area contributed by atoms with Crippen molar-refractivity contribution < 1.29 is 29.0 Å². The highest BCUT2D eigenvalue weighted by Crippen LogP contribution is 2.55. The van der Waals surface area contributed by atoms with Crippen molar-refractivity contribution in [2.75, 3.05) is 36.6 Å². The van der Waals surface area contributed by atoms with Crippen LogP contribution in [0.1, 0.15) is 11.6 Å². The van der Waals surface area contributed by atoms with Crippen LogP contribution in [0.25, 0.3) is 0 Å². The molecule has 2 saturated heterocycles. The Balaban J connectivity index is 1.36. The molecule has 9 heteroatoms. The molecule has 3 aromatic carbocycles. The van der Waals surface area contributed by atoms with E-state index in [1.54, 1.807) is 41.2 Å². The Morgan fingerprint density at radius 3 is 2.16 bits per heavy atom. The summed E-state index contributed by atoms with van der Waals surface area (Å²) in [6.45, 7) is 0.169. The van der Waals surface area contributed by atoms with E-state index in [-0.39, 0.29) is 18.4 Å². The van der Waals surface area contributed by atoms with E-state index in [1.807, 2.05) is 85.0 Å². The number of ether oxygens (including phenoxy) is 2. The second-order valence-corrected chi connectivity index (χ2v) is 11.5. The Bertz CT molecular complexity index is 1630. The first-order valence-electron chi connectivity index (χ1n) is 14.8. The number of carbonyl (C=O) groups excluding carboxylic acids is 3. The molecule has 6 atom stereocenters. The van der Waals surface area contributed by atoms with Crippen molar-refractivity contribution in [3.63, 3.8) is 0 Å². The molecular weight excluding hydrogens is 558 g/mol. The lowest BCUT2D eigenvalue weighted by Crippen LogP contribution is -2.56. The van der Waals surface area contributed by atoms with E-state index in [1.165, 1.54) is 4.90 Å². The van der Waals surface area contributed by atoms with E-state index in [2.05, 4.69) is 0 Å². The van der Waals surface area contributed by atoms with Crippen LogP contribution in [0.4, 0.5) is 11.4 Å². The zero-order chi connectivity index (χ0) is 30.4. The summed E-state index contributed by atoms with van der Waals surface area (Å²) >= 11 is 0. The molecule has 0 aliphatic carbocycles. The zero-order valence-electron chi connectivity index (χ0n) is 24.2. The largest absolute Gasteiger partial charge is 0.497 e. The summed E-state index contributed by atoms with van der Waals surface area (Å²) in [6, 6.07) is 23.7. The van der Waals surface area contributed by atoms with Crippen LogP contribution < -0.4 is 14.5 Å². The minimum absolute atomic E-state index is 0.237. The van der Waals surface area contributed by atoms with E-state index < -0.39 is 48.1 Å². The summed E-state index contributed by atoms with van der Waals surface area (Å²) in [5.74, 6) is -2.17. The van der Waals surface area contributed by atoms with Gasteiger partial charge in [0.15, 0.2) is 0 Å². The summed E-state index contributed by atoms with van der Waals surface area (Å²) in [4.78, 5) is 48.7. The van der Waals surface area contributed by atoms with Gasteiger partial charge in [0.1, 0.15) is 17.4 Å². The third-order valence-corrected chi connectivity index (χ3v) is 9.24. The summed E-state index contributed by atoms with van der Waals surface area (Å²) in [5, 5.41) is 10.7. The number of fused-ring (bicyclic) bond motifs is 2. The van der Waals surface area contributed by atoms with Crippen molar-refractivity contribution in [2.24, 2.45) is 11.8 Å². The number of hydrogen-bond donors (Lipinski definition) is 1.